The molecule has 0 aliphatic rings. The average Bonchev–Trinajstić information content (AvgIpc) is 2.83. The van der Waals surface area contributed by atoms with Gasteiger partial charge in [0.15, 0.2) is 0 Å². The first kappa shape index (κ1) is 10.9. The van der Waals surface area contributed by atoms with E-state index in [0.29, 0.717) is 22.2 Å². The number of anilines is 2. The lowest BCUT2D eigenvalue weighted by Gasteiger charge is -2.06. The number of nitrogens with one attached hydrogen (secondary N) is 1. The highest BCUT2D eigenvalue weighted by Crippen LogP contribution is 2.29. The Labute approximate surface area is 107 Å². The van der Waals surface area contributed by atoms with Gasteiger partial charge < -0.3 is 14.8 Å². The molecule has 18 heavy (non-hydrogen) atoms. The van der Waals surface area contributed by atoms with E-state index in [-0.39, 0.29) is 5.75 Å². The van der Waals surface area contributed by atoms with Gasteiger partial charge in [0.1, 0.15) is 17.9 Å². The van der Waals surface area contributed by atoms with E-state index in [9.17, 15) is 5.11 Å². The minimum Gasteiger partial charge on any atom is -0.506 e. The SMILES string of the molecule is Oc1cc(Nc2ncnc3occc23)ccc1Cl. The minimum absolute atomic E-state index is 0.0131. The van der Waals surface area contributed by atoms with Gasteiger partial charge in [0, 0.05) is 11.8 Å². The van der Waals surface area contributed by atoms with Crippen molar-refractivity contribution in [3.63, 3.8) is 0 Å². The third-order valence-electron chi connectivity index (χ3n) is 2.47. The largest absolute Gasteiger partial charge is 0.506 e. The number of aromatic nitrogens is 2. The highest BCUT2D eigenvalue weighted by Gasteiger charge is 2.07. The second-order valence-electron chi connectivity index (χ2n) is 3.65. The quantitative estimate of drug-likeness (QED) is 0.740. The van der Waals surface area contributed by atoms with E-state index in [1.807, 2.05) is 0 Å². The Hall–Kier alpha value is -2.27. The van der Waals surface area contributed by atoms with Crippen LogP contribution in [0.25, 0.3) is 11.1 Å². The van der Waals surface area contributed by atoms with Crippen molar-refractivity contribution in [3.05, 3.63) is 41.9 Å². The standard InChI is InChI=1S/C12H8ClN3O2/c13-9-2-1-7(5-10(9)17)16-11-8-3-4-18-12(8)15-6-14-11/h1-6,17H,(H,14,15,16). The highest BCUT2D eigenvalue weighted by atomic mass is 35.5. The van der Waals surface area contributed by atoms with Gasteiger partial charge in [-0.2, -0.15) is 0 Å². The number of hydrogen-bond donors (Lipinski definition) is 2. The summed E-state index contributed by atoms with van der Waals surface area (Å²) >= 11 is 5.74. The third kappa shape index (κ3) is 1.84. The van der Waals surface area contributed by atoms with Crippen LogP contribution in [0.5, 0.6) is 5.75 Å². The molecule has 0 atom stereocenters. The highest BCUT2D eigenvalue weighted by molar-refractivity contribution is 6.32. The smallest absolute Gasteiger partial charge is 0.231 e. The molecule has 6 heteroatoms. The molecule has 3 aromatic rings. The van der Waals surface area contributed by atoms with Crippen molar-refractivity contribution in [2.45, 2.75) is 0 Å². The van der Waals surface area contributed by atoms with Crippen molar-refractivity contribution in [3.8, 4) is 5.75 Å². The summed E-state index contributed by atoms with van der Waals surface area (Å²) in [6, 6.07) is 6.65. The summed E-state index contributed by atoms with van der Waals surface area (Å²) in [6.07, 6.45) is 2.95. The van der Waals surface area contributed by atoms with Gasteiger partial charge >= 0.3 is 0 Å². The molecule has 2 N–H and O–H groups in total. The Bertz CT molecular complexity index is 711. The maximum absolute atomic E-state index is 9.53. The molecular weight excluding hydrogens is 254 g/mol. The number of phenolic OH excluding ortho intramolecular Hbond substituents is 1. The lowest BCUT2D eigenvalue weighted by Crippen LogP contribution is -1.94. The van der Waals surface area contributed by atoms with Crippen molar-refractivity contribution in [1.29, 1.82) is 0 Å². The van der Waals surface area contributed by atoms with E-state index < -0.39 is 0 Å². The molecule has 1 aromatic carbocycles. The van der Waals surface area contributed by atoms with Gasteiger partial charge in [-0.05, 0) is 18.2 Å². The number of hydrogen-bond acceptors (Lipinski definition) is 5. The summed E-state index contributed by atoms with van der Waals surface area (Å²) < 4.78 is 5.18. The summed E-state index contributed by atoms with van der Waals surface area (Å²) in [6.45, 7) is 0. The summed E-state index contributed by atoms with van der Waals surface area (Å²) in [4.78, 5) is 8.12. The molecule has 90 valence electrons. The number of furan rings is 1. The van der Waals surface area contributed by atoms with Gasteiger partial charge in [0.05, 0.1) is 16.7 Å². The van der Waals surface area contributed by atoms with Crippen LogP contribution in [0.1, 0.15) is 0 Å². The predicted octanol–water partition coefficient (Wildman–Crippen LogP) is 3.33. The molecule has 0 radical (unpaired) electrons. The molecular formula is C12H8ClN3O2. The predicted molar refractivity (Wildman–Crippen MR) is 68.2 cm³/mol. The number of nitrogens with zero attached hydrogens (tertiary/aromatic N) is 2. The number of halogens is 1. The summed E-state index contributed by atoms with van der Waals surface area (Å²) in [5.74, 6) is 0.620. The Morgan fingerprint density at radius 2 is 2.11 bits per heavy atom. The lowest BCUT2D eigenvalue weighted by atomic mass is 10.3. The van der Waals surface area contributed by atoms with E-state index >= 15 is 0 Å². The van der Waals surface area contributed by atoms with Crippen LogP contribution in [-0.2, 0) is 0 Å². The number of benzene rings is 1. The first-order valence-corrected chi connectivity index (χ1v) is 5.55. The zero-order valence-electron chi connectivity index (χ0n) is 9.09. The van der Waals surface area contributed by atoms with Crippen molar-refractivity contribution < 1.29 is 9.52 Å². The van der Waals surface area contributed by atoms with Crippen molar-refractivity contribution in [2.24, 2.45) is 0 Å². The van der Waals surface area contributed by atoms with Crippen LogP contribution in [0.4, 0.5) is 11.5 Å². The van der Waals surface area contributed by atoms with Crippen LogP contribution in [0.2, 0.25) is 5.02 Å². The molecule has 0 saturated heterocycles. The molecule has 0 unspecified atom stereocenters. The van der Waals surface area contributed by atoms with Crippen LogP contribution in [0.15, 0.2) is 41.3 Å². The molecule has 0 amide bonds. The van der Waals surface area contributed by atoms with E-state index in [2.05, 4.69) is 15.3 Å². The first-order chi connectivity index (χ1) is 8.74. The number of phenols is 1. The molecule has 5 nitrogen and oxygen atoms in total. The van der Waals surface area contributed by atoms with E-state index in [4.69, 9.17) is 16.0 Å². The summed E-state index contributed by atoms with van der Waals surface area (Å²) in [5.41, 5.74) is 1.18. The van der Waals surface area contributed by atoms with Gasteiger partial charge in [0.25, 0.3) is 0 Å². The molecule has 3 rings (SSSR count). The lowest BCUT2D eigenvalue weighted by molar-refractivity contribution is 0.476. The van der Waals surface area contributed by atoms with Crippen LogP contribution in [0.3, 0.4) is 0 Å². The molecule has 0 aliphatic carbocycles. The molecule has 2 heterocycles. The van der Waals surface area contributed by atoms with Crippen LogP contribution < -0.4 is 5.32 Å². The number of aromatic hydroxyl groups is 1. The van der Waals surface area contributed by atoms with Crippen LogP contribution in [0, 0.1) is 0 Å². The van der Waals surface area contributed by atoms with Gasteiger partial charge in [0.2, 0.25) is 5.71 Å². The third-order valence-corrected chi connectivity index (χ3v) is 2.79. The molecule has 0 saturated carbocycles. The topological polar surface area (TPSA) is 71.2 Å². The van der Waals surface area contributed by atoms with E-state index in [1.165, 1.54) is 12.4 Å². The zero-order valence-corrected chi connectivity index (χ0v) is 9.85. The minimum atomic E-state index is 0.0131. The fourth-order valence-electron chi connectivity index (χ4n) is 1.62. The van der Waals surface area contributed by atoms with Gasteiger partial charge in [-0.1, -0.05) is 11.6 Å². The monoisotopic (exact) mass is 261 g/mol. The Balaban J connectivity index is 2.01. The normalized spacial score (nSPS) is 10.7. The number of rotatable bonds is 2. The van der Waals surface area contributed by atoms with E-state index in [1.54, 1.807) is 24.5 Å². The van der Waals surface area contributed by atoms with Crippen molar-refractivity contribution in [1.82, 2.24) is 9.97 Å². The zero-order chi connectivity index (χ0) is 12.5. The van der Waals surface area contributed by atoms with Gasteiger partial charge in [-0.3, -0.25) is 0 Å². The number of fused-ring (bicyclic) bond motifs is 1. The first-order valence-electron chi connectivity index (χ1n) is 5.18. The molecule has 0 spiro atoms. The molecule has 0 bridgehead atoms. The molecule has 2 aromatic heterocycles. The van der Waals surface area contributed by atoms with Crippen LogP contribution >= 0.6 is 11.6 Å². The average molecular weight is 262 g/mol. The van der Waals surface area contributed by atoms with Crippen molar-refractivity contribution in [2.75, 3.05) is 5.32 Å². The maximum atomic E-state index is 9.53. The van der Waals surface area contributed by atoms with Gasteiger partial charge in [-0.15, -0.1) is 0 Å². The second kappa shape index (κ2) is 4.19. The Kier molecular flexibility index (Phi) is 2.53. The van der Waals surface area contributed by atoms with E-state index in [0.717, 1.165) is 5.39 Å². The van der Waals surface area contributed by atoms with Crippen molar-refractivity contribution >= 4 is 34.2 Å². The van der Waals surface area contributed by atoms with Gasteiger partial charge in [-0.25, -0.2) is 9.97 Å². The molecule has 0 fully saturated rings. The summed E-state index contributed by atoms with van der Waals surface area (Å²) in [7, 11) is 0. The fourth-order valence-corrected chi connectivity index (χ4v) is 1.73. The Morgan fingerprint density at radius 1 is 1.22 bits per heavy atom. The summed E-state index contributed by atoms with van der Waals surface area (Å²) in [5, 5.41) is 13.7. The second-order valence-corrected chi connectivity index (χ2v) is 4.06. The maximum Gasteiger partial charge on any atom is 0.231 e. The van der Waals surface area contributed by atoms with Crippen LogP contribution in [-0.4, -0.2) is 15.1 Å². The fraction of sp³-hybridized carbons (Fsp3) is 0. The Morgan fingerprint density at radius 3 is 2.94 bits per heavy atom. The molecule has 0 aliphatic heterocycles.